The highest BCUT2D eigenvalue weighted by Crippen LogP contribution is 2.43. The molecular weight excluding hydrogens is 198 g/mol. The van der Waals surface area contributed by atoms with Crippen LogP contribution in [0.5, 0.6) is 0 Å². The molecule has 16 heavy (non-hydrogen) atoms. The Hall–Kier alpha value is -0.830. The largest absolute Gasteiger partial charge is 0.348 e. The van der Waals surface area contributed by atoms with Crippen molar-refractivity contribution in [3.63, 3.8) is 0 Å². The average Bonchev–Trinajstić information content (AvgIpc) is 2.65. The van der Waals surface area contributed by atoms with E-state index in [0.29, 0.717) is 0 Å². The first-order valence-electron chi connectivity index (χ1n) is 6.47. The van der Waals surface area contributed by atoms with Crippen LogP contribution in [0, 0.1) is 11.8 Å². The van der Waals surface area contributed by atoms with E-state index >= 15 is 0 Å². The second-order valence-electron chi connectivity index (χ2n) is 5.84. The minimum Gasteiger partial charge on any atom is -0.348 e. The summed E-state index contributed by atoms with van der Waals surface area (Å²) < 4.78 is 0. The molecule has 0 radical (unpaired) electrons. The van der Waals surface area contributed by atoms with Crippen molar-refractivity contribution in [3.8, 4) is 0 Å². The molecule has 0 saturated heterocycles. The van der Waals surface area contributed by atoms with E-state index in [4.69, 9.17) is 0 Å². The Kier molecular flexibility index (Phi) is 2.32. The molecule has 0 amide bonds. The third-order valence-electron chi connectivity index (χ3n) is 4.21. The van der Waals surface area contributed by atoms with E-state index in [2.05, 4.69) is 29.1 Å². The van der Waals surface area contributed by atoms with Gasteiger partial charge < -0.3 is 10.3 Å². The molecule has 3 heteroatoms. The molecule has 0 aromatic carbocycles. The number of aromatic amines is 1. The Balaban J connectivity index is 2.00. The van der Waals surface area contributed by atoms with Crippen molar-refractivity contribution in [2.45, 2.75) is 45.1 Å². The van der Waals surface area contributed by atoms with Gasteiger partial charge in [0.25, 0.3) is 0 Å². The van der Waals surface area contributed by atoms with E-state index in [9.17, 15) is 0 Å². The number of aromatic nitrogens is 2. The van der Waals surface area contributed by atoms with Crippen molar-refractivity contribution in [2.75, 3.05) is 6.54 Å². The molecule has 3 atom stereocenters. The van der Waals surface area contributed by atoms with E-state index in [1.54, 1.807) is 0 Å². The molecule has 2 N–H and O–H groups in total. The van der Waals surface area contributed by atoms with Gasteiger partial charge in [-0.05, 0) is 31.1 Å². The molecule has 1 aliphatic heterocycles. The quantitative estimate of drug-likeness (QED) is 0.702. The zero-order valence-corrected chi connectivity index (χ0v) is 10.2. The molecule has 2 aliphatic rings. The number of fused-ring (bicyclic) bond motifs is 2. The van der Waals surface area contributed by atoms with Gasteiger partial charge in [0.05, 0.1) is 17.6 Å². The molecule has 0 bridgehead atoms. The van der Waals surface area contributed by atoms with Crippen molar-refractivity contribution in [2.24, 2.45) is 11.8 Å². The maximum Gasteiger partial charge on any atom is 0.0926 e. The normalized spacial score (nSPS) is 38.6. The Bertz CT molecular complexity index is 372. The van der Waals surface area contributed by atoms with Gasteiger partial charge in [-0.25, -0.2) is 4.98 Å². The lowest BCUT2D eigenvalue weighted by Crippen LogP contribution is -2.51. The fraction of sp³-hybridized carbons (Fsp3) is 0.769. The second-order valence-corrected chi connectivity index (χ2v) is 5.84. The lowest BCUT2D eigenvalue weighted by atomic mass is 9.68. The Morgan fingerprint density at radius 1 is 1.31 bits per heavy atom. The first-order chi connectivity index (χ1) is 7.70. The summed E-state index contributed by atoms with van der Waals surface area (Å²) in [6, 6.07) is 0. The van der Waals surface area contributed by atoms with Crippen LogP contribution >= 0.6 is 0 Å². The molecule has 1 unspecified atom stereocenters. The maximum absolute atomic E-state index is 4.58. The van der Waals surface area contributed by atoms with Crippen molar-refractivity contribution in [1.82, 2.24) is 15.3 Å². The Morgan fingerprint density at radius 2 is 2.06 bits per heavy atom. The predicted molar refractivity (Wildman–Crippen MR) is 64.2 cm³/mol. The summed E-state index contributed by atoms with van der Waals surface area (Å²) in [6.07, 6.45) is 6.82. The van der Waals surface area contributed by atoms with Crippen molar-refractivity contribution < 1.29 is 0 Å². The number of H-pyrrole nitrogens is 1. The molecule has 1 saturated carbocycles. The maximum atomic E-state index is 4.58. The number of hydrogen-bond acceptors (Lipinski definition) is 2. The highest BCUT2D eigenvalue weighted by Gasteiger charge is 2.43. The van der Waals surface area contributed by atoms with E-state index in [0.717, 1.165) is 24.8 Å². The van der Waals surface area contributed by atoms with Crippen LogP contribution < -0.4 is 5.32 Å². The van der Waals surface area contributed by atoms with Gasteiger partial charge in [0.1, 0.15) is 0 Å². The van der Waals surface area contributed by atoms with Crippen molar-refractivity contribution >= 4 is 0 Å². The highest BCUT2D eigenvalue weighted by atomic mass is 15.1. The zero-order valence-electron chi connectivity index (χ0n) is 10.2. The summed E-state index contributed by atoms with van der Waals surface area (Å²) in [5.41, 5.74) is 2.84. The number of imidazole rings is 1. The fourth-order valence-corrected chi connectivity index (χ4v) is 3.90. The van der Waals surface area contributed by atoms with Gasteiger partial charge in [-0.3, -0.25) is 0 Å². The van der Waals surface area contributed by atoms with Crippen molar-refractivity contribution in [1.29, 1.82) is 0 Å². The minimum absolute atomic E-state index is 0.171. The molecule has 3 nitrogen and oxygen atoms in total. The average molecular weight is 219 g/mol. The SMILES string of the molecule is C[C@@H]1C[C@H](C)CC2(C1)NCCc1[nH]cnc12. The van der Waals surface area contributed by atoms with E-state index < -0.39 is 0 Å². The van der Waals surface area contributed by atoms with Gasteiger partial charge in [0.2, 0.25) is 0 Å². The van der Waals surface area contributed by atoms with Gasteiger partial charge in [0.15, 0.2) is 0 Å². The number of nitrogens with zero attached hydrogens (tertiary/aromatic N) is 1. The van der Waals surface area contributed by atoms with E-state index in [-0.39, 0.29) is 5.54 Å². The standard InChI is InChI=1S/C13H21N3/c1-9-5-10(2)7-13(6-9)12-11(3-4-16-13)14-8-15-12/h8-10,16H,3-7H2,1-2H3,(H,14,15)/t9-,10+,13?. The minimum atomic E-state index is 0.171. The topological polar surface area (TPSA) is 40.7 Å². The van der Waals surface area contributed by atoms with Crippen LogP contribution in [-0.2, 0) is 12.0 Å². The Morgan fingerprint density at radius 3 is 2.81 bits per heavy atom. The summed E-state index contributed by atoms with van der Waals surface area (Å²) in [5, 5.41) is 3.76. The van der Waals surface area contributed by atoms with Gasteiger partial charge in [0, 0.05) is 18.7 Å². The third kappa shape index (κ3) is 1.49. The lowest BCUT2D eigenvalue weighted by molar-refractivity contribution is 0.133. The van der Waals surface area contributed by atoms with Crippen LogP contribution in [0.15, 0.2) is 6.33 Å². The summed E-state index contributed by atoms with van der Waals surface area (Å²) >= 11 is 0. The number of hydrogen-bond donors (Lipinski definition) is 2. The zero-order chi connectivity index (χ0) is 11.2. The first-order valence-corrected chi connectivity index (χ1v) is 6.47. The van der Waals surface area contributed by atoms with E-state index in [1.165, 1.54) is 30.7 Å². The van der Waals surface area contributed by atoms with E-state index in [1.807, 2.05) is 6.33 Å². The molecular formula is C13H21N3. The molecule has 1 aromatic heterocycles. The van der Waals surface area contributed by atoms with Crippen LogP contribution in [0.2, 0.25) is 0 Å². The summed E-state index contributed by atoms with van der Waals surface area (Å²) in [7, 11) is 0. The smallest absolute Gasteiger partial charge is 0.0926 e. The van der Waals surface area contributed by atoms with Crippen molar-refractivity contribution in [3.05, 3.63) is 17.7 Å². The molecule has 1 spiro atoms. The van der Waals surface area contributed by atoms with Crippen LogP contribution in [0.1, 0.15) is 44.5 Å². The lowest BCUT2D eigenvalue weighted by Gasteiger charge is -2.45. The fourth-order valence-electron chi connectivity index (χ4n) is 3.90. The Labute approximate surface area is 97.0 Å². The summed E-state index contributed by atoms with van der Waals surface area (Å²) in [5.74, 6) is 1.61. The summed E-state index contributed by atoms with van der Waals surface area (Å²) in [6.45, 7) is 5.84. The molecule has 1 fully saturated rings. The van der Waals surface area contributed by atoms with Gasteiger partial charge in [-0.15, -0.1) is 0 Å². The van der Waals surface area contributed by atoms with Gasteiger partial charge in [-0.2, -0.15) is 0 Å². The van der Waals surface area contributed by atoms with Gasteiger partial charge in [-0.1, -0.05) is 13.8 Å². The monoisotopic (exact) mass is 219 g/mol. The molecule has 2 heterocycles. The van der Waals surface area contributed by atoms with Crippen LogP contribution in [-0.4, -0.2) is 16.5 Å². The first kappa shape index (κ1) is 10.3. The van der Waals surface area contributed by atoms with Crippen LogP contribution in [0.3, 0.4) is 0 Å². The molecule has 3 rings (SSSR count). The molecule has 88 valence electrons. The van der Waals surface area contributed by atoms with Crippen LogP contribution in [0.25, 0.3) is 0 Å². The second kappa shape index (κ2) is 3.59. The summed E-state index contributed by atoms with van der Waals surface area (Å²) in [4.78, 5) is 7.89. The third-order valence-corrected chi connectivity index (χ3v) is 4.21. The number of nitrogens with one attached hydrogen (secondary N) is 2. The predicted octanol–water partition coefficient (Wildman–Crippen LogP) is 2.21. The van der Waals surface area contributed by atoms with Crippen LogP contribution in [0.4, 0.5) is 0 Å². The highest BCUT2D eigenvalue weighted by molar-refractivity contribution is 5.26. The number of rotatable bonds is 0. The molecule has 1 aromatic rings. The van der Waals surface area contributed by atoms with Gasteiger partial charge >= 0.3 is 0 Å². The molecule has 1 aliphatic carbocycles.